The Balaban J connectivity index is 1.77. The van der Waals surface area contributed by atoms with Gasteiger partial charge < -0.3 is 0 Å². The number of aromatic nitrogens is 5. The van der Waals surface area contributed by atoms with Crippen molar-refractivity contribution >= 4 is 16.6 Å². The fourth-order valence-electron chi connectivity index (χ4n) is 2.45. The minimum absolute atomic E-state index is 0.697. The highest BCUT2D eigenvalue weighted by atomic mass is 15.4. The molecule has 0 saturated heterocycles. The van der Waals surface area contributed by atoms with E-state index in [1.807, 2.05) is 35.7 Å². The summed E-state index contributed by atoms with van der Waals surface area (Å²) in [5, 5.41) is 14.0. The first-order chi connectivity index (χ1) is 10.3. The van der Waals surface area contributed by atoms with E-state index in [4.69, 9.17) is 0 Å². The smallest absolute Gasteiger partial charge is 0.177 e. The summed E-state index contributed by atoms with van der Waals surface area (Å²) >= 11 is 0. The van der Waals surface area contributed by atoms with Gasteiger partial charge in [-0.15, -0.1) is 10.2 Å². The van der Waals surface area contributed by atoms with Gasteiger partial charge in [0, 0.05) is 18.0 Å². The maximum absolute atomic E-state index is 4.47. The van der Waals surface area contributed by atoms with Gasteiger partial charge in [-0.3, -0.25) is 4.98 Å². The van der Waals surface area contributed by atoms with Crippen molar-refractivity contribution in [2.75, 3.05) is 0 Å². The molecule has 0 aliphatic heterocycles. The number of benzene rings is 1. The fraction of sp³-hybridized carbons (Fsp3) is 0.125. The van der Waals surface area contributed by atoms with Crippen molar-refractivity contribution in [2.24, 2.45) is 0 Å². The highest BCUT2D eigenvalue weighted by Crippen LogP contribution is 2.16. The molecular formula is C16H13N5. The second-order valence-electron chi connectivity index (χ2n) is 5.07. The molecule has 0 atom stereocenters. The SMILES string of the molecule is Cc1ccc2nnc(Cc3ccc4ncccc4c3)n2n1. The molecule has 5 heteroatoms. The van der Waals surface area contributed by atoms with Crippen LogP contribution in [0.2, 0.25) is 0 Å². The molecule has 0 spiro atoms. The van der Waals surface area contributed by atoms with Gasteiger partial charge >= 0.3 is 0 Å². The van der Waals surface area contributed by atoms with Crippen LogP contribution in [0.25, 0.3) is 16.6 Å². The van der Waals surface area contributed by atoms with Gasteiger partial charge in [0.15, 0.2) is 11.5 Å². The Morgan fingerprint density at radius 3 is 2.95 bits per heavy atom. The molecule has 3 aromatic heterocycles. The molecular weight excluding hydrogens is 262 g/mol. The van der Waals surface area contributed by atoms with E-state index in [1.165, 1.54) is 5.56 Å². The number of hydrogen-bond acceptors (Lipinski definition) is 4. The van der Waals surface area contributed by atoms with Crippen LogP contribution < -0.4 is 0 Å². The lowest BCUT2D eigenvalue weighted by Crippen LogP contribution is -2.01. The van der Waals surface area contributed by atoms with Crippen LogP contribution in [0.5, 0.6) is 0 Å². The molecule has 0 bridgehead atoms. The third kappa shape index (κ3) is 2.12. The zero-order chi connectivity index (χ0) is 14.2. The topological polar surface area (TPSA) is 56.0 Å². The second-order valence-corrected chi connectivity index (χ2v) is 5.07. The zero-order valence-corrected chi connectivity index (χ0v) is 11.6. The van der Waals surface area contributed by atoms with E-state index in [1.54, 1.807) is 6.20 Å². The summed E-state index contributed by atoms with van der Waals surface area (Å²) in [5.74, 6) is 0.844. The van der Waals surface area contributed by atoms with E-state index >= 15 is 0 Å². The minimum Gasteiger partial charge on any atom is -0.256 e. The van der Waals surface area contributed by atoms with Gasteiger partial charge in [0.1, 0.15) is 0 Å². The summed E-state index contributed by atoms with van der Waals surface area (Å²) in [6.07, 6.45) is 2.50. The van der Waals surface area contributed by atoms with Crippen molar-refractivity contribution in [3.8, 4) is 0 Å². The normalized spacial score (nSPS) is 11.3. The van der Waals surface area contributed by atoms with Gasteiger partial charge in [0.05, 0.1) is 11.2 Å². The third-order valence-corrected chi connectivity index (χ3v) is 3.49. The molecule has 0 amide bonds. The second kappa shape index (κ2) is 4.63. The molecule has 0 aliphatic rings. The summed E-state index contributed by atoms with van der Waals surface area (Å²) in [7, 11) is 0. The van der Waals surface area contributed by atoms with E-state index in [0.29, 0.717) is 6.42 Å². The van der Waals surface area contributed by atoms with Crippen molar-refractivity contribution in [1.29, 1.82) is 0 Å². The summed E-state index contributed by atoms with van der Waals surface area (Å²) in [6.45, 7) is 1.96. The third-order valence-electron chi connectivity index (χ3n) is 3.49. The zero-order valence-electron chi connectivity index (χ0n) is 11.6. The maximum atomic E-state index is 4.47. The molecule has 0 fully saturated rings. The molecule has 0 saturated carbocycles. The van der Waals surface area contributed by atoms with Crippen LogP contribution in [0.15, 0.2) is 48.7 Å². The monoisotopic (exact) mass is 275 g/mol. The Morgan fingerprint density at radius 1 is 1.05 bits per heavy atom. The number of nitrogens with zero attached hydrogens (tertiary/aromatic N) is 5. The standard InChI is InChI=1S/C16H13N5/c1-11-4-7-15-18-19-16(21(15)20-11)10-12-5-6-14-13(9-12)3-2-8-17-14/h2-9H,10H2,1H3. The maximum Gasteiger partial charge on any atom is 0.177 e. The molecule has 3 heterocycles. The Bertz CT molecular complexity index is 942. The lowest BCUT2D eigenvalue weighted by molar-refractivity contribution is 0.821. The lowest BCUT2D eigenvalue weighted by atomic mass is 10.1. The molecule has 0 N–H and O–H groups in total. The van der Waals surface area contributed by atoms with Crippen molar-refractivity contribution in [3.05, 3.63) is 65.7 Å². The lowest BCUT2D eigenvalue weighted by Gasteiger charge is -2.02. The van der Waals surface area contributed by atoms with Gasteiger partial charge in [0.2, 0.25) is 0 Å². The predicted octanol–water partition coefficient (Wildman–Crippen LogP) is 2.57. The average Bonchev–Trinajstić information content (AvgIpc) is 2.89. The van der Waals surface area contributed by atoms with Gasteiger partial charge in [-0.2, -0.15) is 9.61 Å². The molecule has 102 valence electrons. The number of rotatable bonds is 2. The van der Waals surface area contributed by atoms with E-state index in [9.17, 15) is 0 Å². The number of fused-ring (bicyclic) bond motifs is 2. The Hall–Kier alpha value is -2.82. The van der Waals surface area contributed by atoms with Crippen molar-refractivity contribution in [1.82, 2.24) is 24.8 Å². The van der Waals surface area contributed by atoms with Crippen LogP contribution in [-0.4, -0.2) is 24.8 Å². The van der Waals surface area contributed by atoms with Gasteiger partial charge in [-0.25, -0.2) is 0 Å². The first-order valence-corrected chi connectivity index (χ1v) is 6.81. The van der Waals surface area contributed by atoms with Crippen LogP contribution in [0.1, 0.15) is 17.1 Å². The van der Waals surface area contributed by atoms with Gasteiger partial charge in [0.25, 0.3) is 0 Å². The average molecular weight is 275 g/mol. The Labute approximate surface area is 121 Å². The molecule has 1 aromatic carbocycles. The molecule has 0 radical (unpaired) electrons. The van der Waals surface area contributed by atoms with Crippen molar-refractivity contribution in [3.63, 3.8) is 0 Å². The summed E-state index contributed by atoms with van der Waals surface area (Å²) in [5.41, 5.74) is 3.90. The molecule has 0 aliphatic carbocycles. The molecule has 4 rings (SSSR count). The minimum atomic E-state index is 0.697. The van der Waals surface area contributed by atoms with E-state index in [2.05, 4.69) is 38.5 Å². The largest absolute Gasteiger partial charge is 0.256 e. The fourth-order valence-corrected chi connectivity index (χ4v) is 2.45. The van der Waals surface area contributed by atoms with Crippen molar-refractivity contribution < 1.29 is 0 Å². The van der Waals surface area contributed by atoms with Gasteiger partial charge in [-0.1, -0.05) is 12.1 Å². The van der Waals surface area contributed by atoms with E-state index < -0.39 is 0 Å². The summed E-state index contributed by atoms with van der Waals surface area (Å²) < 4.78 is 1.81. The summed E-state index contributed by atoms with van der Waals surface area (Å²) in [4.78, 5) is 4.34. The van der Waals surface area contributed by atoms with Crippen molar-refractivity contribution in [2.45, 2.75) is 13.3 Å². The summed E-state index contributed by atoms with van der Waals surface area (Å²) in [6, 6.07) is 14.1. The molecule has 0 unspecified atom stereocenters. The quantitative estimate of drug-likeness (QED) is 0.564. The van der Waals surface area contributed by atoms with Crippen LogP contribution in [-0.2, 0) is 6.42 Å². The van der Waals surface area contributed by atoms with Crippen LogP contribution in [0.3, 0.4) is 0 Å². The predicted molar refractivity (Wildman–Crippen MR) is 80.1 cm³/mol. The highest BCUT2D eigenvalue weighted by Gasteiger charge is 2.08. The first kappa shape index (κ1) is 12.0. The Kier molecular flexibility index (Phi) is 2.64. The number of aryl methyl sites for hydroxylation is 1. The first-order valence-electron chi connectivity index (χ1n) is 6.81. The molecule has 21 heavy (non-hydrogen) atoms. The van der Waals surface area contributed by atoms with Crippen LogP contribution in [0.4, 0.5) is 0 Å². The van der Waals surface area contributed by atoms with Crippen LogP contribution in [0, 0.1) is 6.92 Å². The van der Waals surface area contributed by atoms with E-state index in [-0.39, 0.29) is 0 Å². The highest BCUT2D eigenvalue weighted by molar-refractivity contribution is 5.78. The number of pyridine rings is 1. The Morgan fingerprint density at radius 2 is 2.00 bits per heavy atom. The molecule has 4 aromatic rings. The van der Waals surface area contributed by atoms with Crippen LogP contribution >= 0.6 is 0 Å². The van der Waals surface area contributed by atoms with E-state index in [0.717, 1.165) is 28.1 Å². The number of hydrogen-bond donors (Lipinski definition) is 0. The molecule has 5 nitrogen and oxygen atoms in total. The van der Waals surface area contributed by atoms with Gasteiger partial charge in [-0.05, 0) is 42.8 Å².